The van der Waals surface area contributed by atoms with Crippen LogP contribution in [0, 0.1) is 0 Å². The predicted molar refractivity (Wildman–Crippen MR) is 52.0 cm³/mol. The Labute approximate surface area is 78.0 Å². The molecule has 0 radical (unpaired) electrons. The number of nitrogens with two attached hydrogens (primary N) is 1. The molecule has 2 N–H and O–H groups in total. The summed E-state index contributed by atoms with van der Waals surface area (Å²) in [6.45, 7) is 0.774. The molecule has 2 heteroatoms. The lowest BCUT2D eigenvalue weighted by molar-refractivity contribution is 0.225. The summed E-state index contributed by atoms with van der Waals surface area (Å²) in [6, 6.07) is 9.92. The number of hydrogen-bond acceptors (Lipinski definition) is 2. The van der Waals surface area contributed by atoms with Gasteiger partial charge >= 0.3 is 0 Å². The second-order valence-electron chi connectivity index (χ2n) is 3.13. The van der Waals surface area contributed by atoms with Crippen molar-refractivity contribution in [2.75, 3.05) is 6.61 Å². The van der Waals surface area contributed by atoms with E-state index in [0.717, 1.165) is 24.4 Å². The van der Waals surface area contributed by atoms with Gasteiger partial charge in [0.2, 0.25) is 0 Å². The summed E-state index contributed by atoms with van der Waals surface area (Å²) in [5.41, 5.74) is 7.11. The van der Waals surface area contributed by atoms with Crippen LogP contribution in [-0.2, 0) is 4.74 Å². The van der Waals surface area contributed by atoms with Crippen LogP contribution in [0.2, 0.25) is 0 Å². The van der Waals surface area contributed by atoms with Crippen LogP contribution >= 0.6 is 0 Å². The first-order chi connectivity index (χ1) is 6.38. The summed E-state index contributed by atoms with van der Waals surface area (Å²) in [7, 11) is 0. The van der Waals surface area contributed by atoms with Crippen molar-refractivity contribution in [1.29, 1.82) is 0 Å². The molecule has 1 unspecified atom stereocenters. The molecular weight excluding hydrogens is 162 g/mol. The molecule has 0 aliphatic carbocycles. The summed E-state index contributed by atoms with van der Waals surface area (Å²) in [4.78, 5) is 0. The topological polar surface area (TPSA) is 35.2 Å². The molecule has 0 bridgehead atoms. The highest BCUT2D eigenvalue weighted by Crippen LogP contribution is 2.23. The molecule has 1 aromatic rings. The van der Waals surface area contributed by atoms with Crippen molar-refractivity contribution in [3.63, 3.8) is 0 Å². The molecule has 68 valence electrons. The number of benzene rings is 1. The van der Waals surface area contributed by atoms with Crippen molar-refractivity contribution in [2.45, 2.75) is 12.5 Å². The number of ether oxygens (including phenoxy) is 1. The SMILES string of the molecule is NC(C1=CCCO1)c1ccccc1. The van der Waals surface area contributed by atoms with Crippen LogP contribution in [0.5, 0.6) is 0 Å². The monoisotopic (exact) mass is 175 g/mol. The Hall–Kier alpha value is -1.28. The first-order valence-corrected chi connectivity index (χ1v) is 4.51. The van der Waals surface area contributed by atoms with Crippen molar-refractivity contribution < 1.29 is 4.74 Å². The molecule has 0 amide bonds. The molecule has 0 saturated carbocycles. The van der Waals surface area contributed by atoms with Gasteiger partial charge in [0.15, 0.2) is 0 Å². The molecule has 1 aliphatic rings. The molecule has 2 nitrogen and oxygen atoms in total. The lowest BCUT2D eigenvalue weighted by atomic mass is 10.1. The van der Waals surface area contributed by atoms with Crippen LogP contribution in [0.25, 0.3) is 0 Å². The largest absolute Gasteiger partial charge is 0.496 e. The van der Waals surface area contributed by atoms with Crippen LogP contribution in [-0.4, -0.2) is 6.61 Å². The lowest BCUT2D eigenvalue weighted by Crippen LogP contribution is -2.13. The minimum atomic E-state index is -0.0938. The van der Waals surface area contributed by atoms with E-state index in [1.807, 2.05) is 30.3 Å². The summed E-state index contributed by atoms with van der Waals surface area (Å²) in [5, 5.41) is 0. The molecule has 0 spiro atoms. The van der Waals surface area contributed by atoms with E-state index in [1.54, 1.807) is 0 Å². The average molecular weight is 175 g/mol. The van der Waals surface area contributed by atoms with Crippen LogP contribution in [0.15, 0.2) is 42.2 Å². The van der Waals surface area contributed by atoms with Gasteiger partial charge in [0.1, 0.15) is 5.76 Å². The summed E-state index contributed by atoms with van der Waals surface area (Å²) in [6.07, 6.45) is 3.05. The molecule has 0 fully saturated rings. The second kappa shape index (κ2) is 3.62. The smallest absolute Gasteiger partial charge is 0.113 e. The quantitative estimate of drug-likeness (QED) is 0.746. The van der Waals surface area contributed by atoms with Crippen molar-refractivity contribution in [3.05, 3.63) is 47.7 Å². The number of rotatable bonds is 2. The third-order valence-electron chi connectivity index (χ3n) is 2.20. The van der Waals surface area contributed by atoms with Crippen molar-refractivity contribution in [3.8, 4) is 0 Å². The molecule has 0 saturated heterocycles. The highest BCUT2D eigenvalue weighted by Gasteiger charge is 2.15. The van der Waals surface area contributed by atoms with Gasteiger partial charge in [0, 0.05) is 6.42 Å². The van der Waals surface area contributed by atoms with Crippen molar-refractivity contribution in [1.82, 2.24) is 0 Å². The van der Waals surface area contributed by atoms with Crippen LogP contribution in [0.1, 0.15) is 18.0 Å². The minimum absolute atomic E-state index is 0.0938. The van der Waals surface area contributed by atoms with Crippen LogP contribution in [0.4, 0.5) is 0 Å². The minimum Gasteiger partial charge on any atom is -0.496 e. The van der Waals surface area contributed by atoms with Crippen LogP contribution in [0.3, 0.4) is 0 Å². The van der Waals surface area contributed by atoms with E-state index in [2.05, 4.69) is 6.08 Å². The van der Waals surface area contributed by atoms with E-state index in [4.69, 9.17) is 10.5 Å². The third kappa shape index (κ3) is 1.73. The summed E-state index contributed by atoms with van der Waals surface area (Å²) >= 11 is 0. The molecule has 1 heterocycles. The van der Waals surface area contributed by atoms with Gasteiger partial charge in [-0.05, 0) is 11.6 Å². The maximum atomic E-state index is 6.01. The zero-order valence-corrected chi connectivity index (χ0v) is 7.44. The Morgan fingerprint density at radius 1 is 1.23 bits per heavy atom. The zero-order chi connectivity index (χ0) is 9.10. The molecule has 13 heavy (non-hydrogen) atoms. The molecule has 1 aliphatic heterocycles. The fourth-order valence-electron chi connectivity index (χ4n) is 1.48. The van der Waals surface area contributed by atoms with E-state index in [9.17, 15) is 0 Å². The highest BCUT2D eigenvalue weighted by molar-refractivity contribution is 5.25. The van der Waals surface area contributed by atoms with E-state index >= 15 is 0 Å². The van der Waals surface area contributed by atoms with Gasteiger partial charge in [-0.25, -0.2) is 0 Å². The fraction of sp³-hybridized carbons (Fsp3) is 0.273. The van der Waals surface area contributed by atoms with Crippen molar-refractivity contribution >= 4 is 0 Å². The average Bonchev–Trinajstić information content (AvgIpc) is 2.71. The summed E-state index contributed by atoms with van der Waals surface area (Å²) in [5.74, 6) is 0.909. The van der Waals surface area contributed by atoms with E-state index in [-0.39, 0.29) is 6.04 Å². The van der Waals surface area contributed by atoms with Crippen molar-refractivity contribution in [2.24, 2.45) is 5.73 Å². The van der Waals surface area contributed by atoms with Crippen LogP contribution < -0.4 is 5.73 Å². The van der Waals surface area contributed by atoms with Gasteiger partial charge in [0.25, 0.3) is 0 Å². The van der Waals surface area contributed by atoms with E-state index in [1.165, 1.54) is 0 Å². The normalized spacial score (nSPS) is 17.8. The Kier molecular flexibility index (Phi) is 2.32. The Morgan fingerprint density at radius 2 is 2.00 bits per heavy atom. The first kappa shape index (κ1) is 8.32. The van der Waals surface area contributed by atoms with E-state index in [0.29, 0.717) is 0 Å². The Morgan fingerprint density at radius 3 is 2.62 bits per heavy atom. The standard InChI is InChI=1S/C11H13NO/c12-11(10-7-4-8-13-10)9-5-2-1-3-6-9/h1-3,5-7,11H,4,8,12H2. The van der Waals surface area contributed by atoms with E-state index < -0.39 is 0 Å². The van der Waals surface area contributed by atoms with Gasteiger partial charge in [-0.2, -0.15) is 0 Å². The third-order valence-corrected chi connectivity index (χ3v) is 2.20. The second-order valence-corrected chi connectivity index (χ2v) is 3.13. The predicted octanol–water partition coefficient (Wildman–Crippen LogP) is 1.99. The van der Waals surface area contributed by atoms with Gasteiger partial charge in [-0.1, -0.05) is 30.3 Å². The lowest BCUT2D eigenvalue weighted by Gasteiger charge is -2.12. The van der Waals surface area contributed by atoms with Gasteiger partial charge < -0.3 is 10.5 Å². The molecule has 1 aromatic carbocycles. The Balaban J connectivity index is 2.17. The van der Waals surface area contributed by atoms with Gasteiger partial charge in [-0.15, -0.1) is 0 Å². The first-order valence-electron chi connectivity index (χ1n) is 4.51. The molecule has 0 aromatic heterocycles. The zero-order valence-electron chi connectivity index (χ0n) is 7.44. The maximum absolute atomic E-state index is 6.01. The molecule has 2 rings (SSSR count). The molecule has 1 atom stereocenters. The highest BCUT2D eigenvalue weighted by atomic mass is 16.5. The Bertz CT molecular complexity index is 305. The number of hydrogen-bond donors (Lipinski definition) is 1. The van der Waals surface area contributed by atoms with Gasteiger partial charge in [0.05, 0.1) is 12.6 Å². The van der Waals surface area contributed by atoms with Gasteiger partial charge in [-0.3, -0.25) is 0 Å². The summed E-state index contributed by atoms with van der Waals surface area (Å²) < 4.78 is 5.41. The molecular formula is C11H13NO. The fourth-order valence-corrected chi connectivity index (χ4v) is 1.48. The maximum Gasteiger partial charge on any atom is 0.113 e.